The average molecular weight is 375 g/mol. The van der Waals surface area contributed by atoms with Crippen LogP contribution < -0.4 is 5.32 Å². The van der Waals surface area contributed by atoms with Gasteiger partial charge in [-0.15, -0.1) is 0 Å². The van der Waals surface area contributed by atoms with Crippen LogP contribution >= 0.6 is 11.8 Å². The molecular weight excluding hydrogens is 350 g/mol. The zero-order valence-corrected chi connectivity index (χ0v) is 16.3. The van der Waals surface area contributed by atoms with Crippen molar-refractivity contribution < 1.29 is 14.3 Å². The van der Waals surface area contributed by atoms with Crippen molar-refractivity contribution in [3.05, 3.63) is 41.6 Å². The molecule has 2 rings (SSSR count). The van der Waals surface area contributed by atoms with Crippen LogP contribution in [0.3, 0.4) is 0 Å². The Hall–Kier alpha value is -2.28. The molecule has 1 aromatic carbocycles. The van der Waals surface area contributed by atoms with E-state index in [1.165, 1.54) is 11.8 Å². The summed E-state index contributed by atoms with van der Waals surface area (Å²) in [5.74, 6) is -0.360. The lowest BCUT2D eigenvalue weighted by atomic mass is 10.2. The number of carbonyl (C=O) groups is 2. The fraction of sp³-hybridized carbons (Fsp3) is 0.421. The molecule has 6 nitrogen and oxygen atoms in total. The van der Waals surface area contributed by atoms with Gasteiger partial charge in [-0.05, 0) is 25.2 Å². The zero-order chi connectivity index (χ0) is 18.9. The highest BCUT2D eigenvalue weighted by Crippen LogP contribution is 2.26. The Morgan fingerprint density at radius 2 is 1.96 bits per heavy atom. The summed E-state index contributed by atoms with van der Waals surface area (Å²) in [7, 11) is 0. The van der Waals surface area contributed by atoms with Crippen LogP contribution in [0.25, 0.3) is 0 Å². The second-order valence-electron chi connectivity index (χ2n) is 5.74. The van der Waals surface area contributed by atoms with E-state index in [0.29, 0.717) is 18.1 Å². The number of aromatic nitrogens is 2. The van der Waals surface area contributed by atoms with Gasteiger partial charge in [0, 0.05) is 6.42 Å². The largest absolute Gasteiger partial charge is 0.461 e. The summed E-state index contributed by atoms with van der Waals surface area (Å²) in [4.78, 5) is 29.2. The molecule has 1 N–H and O–H groups in total. The van der Waals surface area contributed by atoms with E-state index in [1.54, 1.807) is 11.5 Å². The van der Waals surface area contributed by atoms with Gasteiger partial charge in [0.1, 0.15) is 0 Å². The van der Waals surface area contributed by atoms with E-state index in [9.17, 15) is 9.59 Å². The number of anilines is 1. The van der Waals surface area contributed by atoms with Crippen molar-refractivity contribution in [2.75, 3.05) is 18.2 Å². The second-order valence-corrected chi connectivity index (χ2v) is 6.51. The molecule has 1 amide bonds. The Morgan fingerprint density at radius 3 is 2.58 bits per heavy atom. The molecule has 0 aliphatic carbocycles. The van der Waals surface area contributed by atoms with Crippen LogP contribution in [0.4, 0.5) is 5.82 Å². The number of imidazole rings is 1. The molecule has 140 valence electrons. The van der Waals surface area contributed by atoms with Crippen molar-refractivity contribution in [2.45, 2.75) is 44.8 Å². The van der Waals surface area contributed by atoms with E-state index < -0.39 is 5.97 Å². The van der Waals surface area contributed by atoms with E-state index in [1.807, 2.05) is 43.5 Å². The molecule has 0 unspecified atom stereocenters. The first-order valence-electron chi connectivity index (χ1n) is 8.76. The van der Waals surface area contributed by atoms with Crippen LogP contribution in [-0.2, 0) is 16.1 Å². The van der Waals surface area contributed by atoms with Gasteiger partial charge in [-0.25, -0.2) is 9.78 Å². The molecule has 7 heteroatoms. The normalized spacial score (nSPS) is 10.6. The molecular formula is C19H25N3O3S. The van der Waals surface area contributed by atoms with Crippen molar-refractivity contribution in [1.82, 2.24) is 9.55 Å². The standard InChI is InChI=1S/C19H25N3O3S/c1-4-6-12-15(23)20-17-16(18(24)25-5-2)22(19(21-17)26-3)13-14-10-8-7-9-11-14/h7-11H,4-6,12-13H2,1-3H3,(H,20,23). The monoisotopic (exact) mass is 375 g/mol. The number of esters is 1. The number of benzene rings is 1. The lowest BCUT2D eigenvalue weighted by Gasteiger charge is -2.11. The summed E-state index contributed by atoms with van der Waals surface area (Å²) in [6.07, 6.45) is 4.01. The van der Waals surface area contributed by atoms with Crippen molar-refractivity contribution in [3.8, 4) is 0 Å². The molecule has 1 aromatic heterocycles. The fourth-order valence-electron chi connectivity index (χ4n) is 2.53. The van der Waals surface area contributed by atoms with Gasteiger partial charge < -0.3 is 14.6 Å². The lowest BCUT2D eigenvalue weighted by Crippen LogP contribution is -2.18. The second kappa shape index (κ2) is 10.0. The topological polar surface area (TPSA) is 73.2 Å². The van der Waals surface area contributed by atoms with Crippen molar-refractivity contribution in [2.24, 2.45) is 0 Å². The third kappa shape index (κ3) is 5.11. The van der Waals surface area contributed by atoms with Crippen LogP contribution in [0.15, 0.2) is 35.5 Å². The number of hydrogen-bond acceptors (Lipinski definition) is 5. The highest BCUT2D eigenvalue weighted by atomic mass is 32.2. The summed E-state index contributed by atoms with van der Waals surface area (Å²) in [6, 6.07) is 9.81. The number of nitrogens with zero attached hydrogens (tertiary/aromatic N) is 2. The van der Waals surface area contributed by atoms with E-state index in [4.69, 9.17) is 4.74 Å². The average Bonchev–Trinajstić information content (AvgIpc) is 2.98. The maximum absolute atomic E-state index is 12.6. The van der Waals surface area contributed by atoms with Crippen LogP contribution in [0.5, 0.6) is 0 Å². The molecule has 2 aromatic rings. The van der Waals surface area contributed by atoms with E-state index >= 15 is 0 Å². The first-order chi connectivity index (χ1) is 12.6. The minimum Gasteiger partial charge on any atom is -0.461 e. The van der Waals surface area contributed by atoms with E-state index in [2.05, 4.69) is 10.3 Å². The number of thioether (sulfide) groups is 1. The molecule has 0 atom stereocenters. The van der Waals surface area contributed by atoms with Gasteiger partial charge in [0.25, 0.3) is 0 Å². The molecule has 0 fully saturated rings. The summed E-state index contributed by atoms with van der Waals surface area (Å²) >= 11 is 1.42. The van der Waals surface area contributed by atoms with Crippen LogP contribution in [0.1, 0.15) is 49.2 Å². The Kier molecular flexibility index (Phi) is 7.72. The predicted molar refractivity (Wildman–Crippen MR) is 104 cm³/mol. The number of amides is 1. The van der Waals surface area contributed by atoms with Gasteiger partial charge in [-0.1, -0.05) is 55.4 Å². The zero-order valence-electron chi connectivity index (χ0n) is 15.4. The molecule has 0 spiro atoms. The Morgan fingerprint density at radius 1 is 1.23 bits per heavy atom. The predicted octanol–water partition coefficient (Wildman–Crippen LogP) is 3.96. The molecule has 0 saturated carbocycles. The number of ether oxygens (including phenoxy) is 1. The molecule has 0 radical (unpaired) electrons. The van der Waals surface area contributed by atoms with Gasteiger partial charge in [0.05, 0.1) is 13.2 Å². The molecule has 26 heavy (non-hydrogen) atoms. The Labute approximate surface area is 158 Å². The minimum atomic E-state index is -0.484. The van der Waals surface area contributed by atoms with Crippen LogP contribution in [0.2, 0.25) is 0 Å². The van der Waals surface area contributed by atoms with Crippen LogP contribution in [-0.4, -0.2) is 34.3 Å². The van der Waals surface area contributed by atoms with Crippen molar-refractivity contribution >= 4 is 29.5 Å². The quantitative estimate of drug-likeness (QED) is 0.530. The summed E-state index contributed by atoms with van der Waals surface area (Å²) in [6.45, 7) is 4.51. The molecule has 0 aliphatic rings. The van der Waals surface area contributed by atoms with Gasteiger partial charge in [0.15, 0.2) is 16.7 Å². The first kappa shape index (κ1) is 20.0. The number of unbranched alkanes of at least 4 members (excludes halogenated alkanes) is 1. The van der Waals surface area contributed by atoms with Gasteiger partial charge in [-0.2, -0.15) is 0 Å². The number of rotatable bonds is 9. The molecule has 0 aliphatic heterocycles. The van der Waals surface area contributed by atoms with E-state index in [0.717, 1.165) is 18.4 Å². The smallest absolute Gasteiger partial charge is 0.358 e. The summed E-state index contributed by atoms with van der Waals surface area (Å²) in [5, 5.41) is 3.44. The van der Waals surface area contributed by atoms with E-state index in [-0.39, 0.29) is 24.0 Å². The SMILES string of the molecule is CCCCC(=O)Nc1nc(SC)n(Cc2ccccc2)c1C(=O)OCC. The molecule has 0 saturated heterocycles. The third-order valence-corrected chi connectivity index (χ3v) is 4.46. The number of nitrogens with one attached hydrogen (secondary N) is 1. The number of carbonyl (C=O) groups excluding carboxylic acids is 2. The summed E-state index contributed by atoms with van der Waals surface area (Å²) < 4.78 is 7.01. The van der Waals surface area contributed by atoms with Gasteiger partial charge in [-0.3, -0.25) is 4.79 Å². The Balaban J connectivity index is 2.40. The number of hydrogen-bond donors (Lipinski definition) is 1. The minimum absolute atomic E-state index is 0.144. The van der Waals surface area contributed by atoms with Gasteiger partial charge in [0.2, 0.25) is 5.91 Å². The molecule has 0 bridgehead atoms. The maximum atomic E-state index is 12.6. The highest BCUT2D eigenvalue weighted by Gasteiger charge is 2.25. The first-order valence-corrected chi connectivity index (χ1v) is 9.98. The van der Waals surface area contributed by atoms with Crippen molar-refractivity contribution in [1.29, 1.82) is 0 Å². The van der Waals surface area contributed by atoms with Crippen molar-refractivity contribution in [3.63, 3.8) is 0 Å². The van der Waals surface area contributed by atoms with Crippen LogP contribution in [0, 0.1) is 0 Å². The Bertz CT molecular complexity index is 744. The highest BCUT2D eigenvalue weighted by molar-refractivity contribution is 7.98. The molecule has 1 heterocycles. The maximum Gasteiger partial charge on any atom is 0.358 e. The lowest BCUT2D eigenvalue weighted by molar-refractivity contribution is -0.116. The van der Waals surface area contributed by atoms with Gasteiger partial charge >= 0.3 is 5.97 Å². The summed E-state index contributed by atoms with van der Waals surface area (Å²) in [5.41, 5.74) is 1.32. The third-order valence-electron chi connectivity index (χ3n) is 3.78. The fourth-order valence-corrected chi connectivity index (χ4v) is 3.09.